The molecule has 2 aromatic rings. The molecule has 0 radical (unpaired) electrons. The lowest BCUT2D eigenvalue weighted by Gasteiger charge is -2.08. The van der Waals surface area contributed by atoms with Crippen LogP contribution in [-0.4, -0.2) is 12.5 Å². The minimum absolute atomic E-state index is 0.0596. The third-order valence-corrected chi connectivity index (χ3v) is 2.83. The Balaban J connectivity index is 1.88. The van der Waals surface area contributed by atoms with Gasteiger partial charge in [0.05, 0.1) is 0 Å². The number of rotatable bonds is 4. The average Bonchev–Trinajstić information content (AvgIpc) is 2.36. The van der Waals surface area contributed by atoms with Gasteiger partial charge in [0.2, 0.25) is 0 Å². The first-order valence-corrected chi connectivity index (χ1v) is 6.46. The molecule has 3 N–H and O–H groups in total. The van der Waals surface area contributed by atoms with Crippen LogP contribution in [0.1, 0.15) is 0 Å². The molecule has 0 heterocycles. The summed E-state index contributed by atoms with van der Waals surface area (Å²) in [6.45, 7) is -0.0596. The summed E-state index contributed by atoms with van der Waals surface area (Å²) in [5.74, 6) is 0.352. The van der Waals surface area contributed by atoms with Gasteiger partial charge < -0.3 is 15.8 Å². The molecule has 0 unspecified atom stereocenters. The minimum atomic E-state index is -0.222. The molecule has 1 amide bonds. The fraction of sp³-hybridized carbons (Fsp3) is 0.0714. The van der Waals surface area contributed by atoms with Gasteiger partial charge in [0, 0.05) is 21.9 Å². The number of benzene rings is 2. The number of carbonyl (C=O) groups is 1. The van der Waals surface area contributed by atoms with E-state index in [0.717, 1.165) is 10.2 Å². The highest BCUT2D eigenvalue weighted by Crippen LogP contribution is 2.16. The highest BCUT2D eigenvalue weighted by atomic mass is 79.9. The monoisotopic (exact) mass is 320 g/mol. The van der Waals surface area contributed by atoms with Gasteiger partial charge in [-0.15, -0.1) is 0 Å². The number of nitrogens with one attached hydrogen (secondary N) is 1. The molecular weight excluding hydrogens is 308 g/mol. The van der Waals surface area contributed by atoms with Gasteiger partial charge in [-0.25, -0.2) is 0 Å². The Morgan fingerprint density at radius 1 is 1.21 bits per heavy atom. The van der Waals surface area contributed by atoms with Crippen molar-refractivity contribution < 1.29 is 9.53 Å². The number of halogens is 1. The van der Waals surface area contributed by atoms with Gasteiger partial charge in [0.25, 0.3) is 5.91 Å². The van der Waals surface area contributed by atoms with Crippen LogP contribution in [0.2, 0.25) is 0 Å². The van der Waals surface area contributed by atoms with Crippen molar-refractivity contribution in [3.8, 4) is 5.75 Å². The van der Waals surface area contributed by atoms with Gasteiger partial charge in [-0.2, -0.15) is 0 Å². The van der Waals surface area contributed by atoms with E-state index >= 15 is 0 Å². The number of ether oxygens (including phenoxy) is 1. The number of hydrogen-bond acceptors (Lipinski definition) is 3. The highest BCUT2D eigenvalue weighted by Gasteiger charge is 2.04. The Morgan fingerprint density at radius 2 is 2.00 bits per heavy atom. The van der Waals surface area contributed by atoms with Crippen molar-refractivity contribution in [3.05, 3.63) is 53.0 Å². The third kappa shape index (κ3) is 4.30. The van der Waals surface area contributed by atoms with Crippen molar-refractivity contribution in [2.75, 3.05) is 17.7 Å². The molecule has 0 bridgehead atoms. The van der Waals surface area contributed by atoms with Crippen LogP contribution in [0.15, 0.2) is 53.0 Å². The zero-order chi connectivity index (χ0) is 13.7. The first-order valence-electron chi connectivity index (χ1n) is 5.67. The van der Waals surface area contributed by atoms with Gasteiger partial charge in [0.15, 0.2) is 6.61 Å². The Hall–Kier alpha value is -2.01. The van der Waals surface area contributed by atoms with E-state index in [4.69, 9.17) is 10.5 Å². The SMILES string of the molecule is Nc1cccc(OCC(=O)Nc2cccc(Br)c2)c1. The standard InChI is InChI=1S/C14H13BrN2O2/c15-10-3-1-5-12(7-10)17-14(18)9-19-13-6-2-4-11(16)8-13/h1-8H,9,16H2,(H,17,18). The number of anilines is 2. The van der Waals surface area contributed by atoms with Gasteiger partial charge in [-0.1, -0.05) is 28.1 Å². The molecule has 0 atom stereocenters. The first kappa shape index (κ1) is 13.4. The Bertz CT molecular complexity index is 587. The van der Waals surface area contributed by atoms with Crippen LogP contribution in [0.25, 0.3) is 0 Å². The fourth-order valence-electron chi connectivity index (χ4n) is 1.52. The van der Waals surface area contributed by atoms with Gasteiger partial charge >= 0.3 is 0 Å². The lowest BCUT2D eigenvalue weighted by molar-refractivity contribution is -0.118. The molecule has 0 aromatic heterocycles. The minimum Gasteiger partial charge on any atom is -0.484 e. The summed E-state index contributed by atoms with van der Waals surface area (Å²) >= 11 is 3.34. The van der Waals surface area contributed by atoms with Crippen LogP contribution in [0.3, 0.4) is 0 Å². The largest absolute Gasteiger partial charge is 0.484 e. The molecule has 0 aliphatic heterocycles. The summed E-state index contributed by atoms with van der Waals surface area (Å²) in [6, 6.07) is 14.3. The summed E-state index contributed by atoms with van der Waals surface area (Å²) in [4.78, 5) is 11.7. The molecule has 0 fully saturated rings. The molecular formula is C14H13BrN2O2. The maximum Gasteiger partial charge on any atom is 0.262 e. The van der Waals surface area contributed by atoms with Gasteiger partial charge in [0.1, 0.15) is 5.75 Å². The smallest absolute Gasteiger partial charge is 0.262 e. The summed E-state index contributed by atoms with van der Waals surface area (Å²) in [6.07, 6.45) is 0. The van der Waals surface area contributed by atoms with Crippen molar-refractivity contribution >= 4 is 33.2 Å². The molecule has 0 spiro atoms. The van der Waals surface area contributed by atoms with E-state index in [1.54, 1.807) is 24.3 Å². The second-order valence-electron chi connectivity index (χ2n) is 3.92. The second-order valence-corrected chi connectivity index (χ2v) is 4.84. The topological polar surface area (TPSA) is 64.3 Å². The number of nitrogens with two attached hydrogens (primary N) is 1. The number of amides is 1. The molecule has 98 valence electrons. The number of carbonyl (C=O) groups excluding carboxylic acids is 1. The fourth-order valence-corrected chi connectivity index (χ4v) is 1.92. The maximum atomic E-state index is 11.7. The quantitative estimate of drug-likeness (QED) is 0.851. The lowest BCUT2D eigenvalue weighted by atomic mass is 10.3. The Labute approximate surface area is 119 Å². The average molecular weight is 321 g/mol. The van der Waals surface area contributed by atoms with E-state index < -0.39 is 0 Å². The predicted octanol–water partition coefficient (Wildman–Crippen LogP) is 3.05. The normalized spacial score (nSPS) is 9.95. The zero-order valence-electron chi connectivity index (χ0n) is 10.1. The molecule has 0 aliphatic rings. The zero-order valence-corrected chi connectivity index (χ0v) is 11.7. The van der Waals surface area contributed by atoms with Crippen LogP contribution in [0.5, 0.6) is 5.75 Å². The van der Waals surface area contributed by atoms with Crippen molar-refractivity contribution in [1.29, 1.82) is 0 Å². The van der Waals surface area contributed by atoms with Crippen molar-refractivity contribution in [1.82, 2.24) is 0 Å². The van der Waals surface area contributed by atoms with E-state index in [0.29, 0.717) is 11.4 Å². The van der Waals surface area contributed by atoms with Crippen LogP contribution in [0, 0.1) is 0 Å². The lowest BCUT2D eigenvalue weighted by Crippen LogP contribution is -2.20. The number of hydrogen-bond donors (Lipinski definition) is 2. The molecule has 2 aromatic carbocycles. The molecule has 0 saturated heterocycles. The van der Waals surface area contributed by atoms with E-state index in [9.17, 15) is 4.79 Å². The molecule has 19 heavy (non-hydrogen) atoms. The molecule has 0 saturated carbocycles. The van der Waals surface area contributed by atoms with Crippen LogP contribution < -0.4 is 15.8 Å². The number of nitrogen functional groups attached to an aromatic ring is 1. The maximum absolute atomic E-state index is 11.7. The summed E-state index contributed by atoms with van der Waals surface area (Å²) in [5.41, 5.74) is 6.94. The summed E-state index contributed by atoms with van der Waals surface area (Å²) in [7, 11) is 0. The van der Waals surface area contributed by atoms with Crippen molar-refractivity contribution in [2.45, 2.75) is 0 Å². The van der Waals surface area contributed by atoms with Crippen molar-refractivity contribution in [2.24, 2.45) is 0 Å². The van der Waals surface area contributed by atoms with E-state index in [1.165, 1.54) is 0 Å². The van der Waals surface area contributed by atoms with Gasteiger partial charge in [-0.05, 0) is 30.3 Å². The van der Waals surface area contributed by atoms with Crippen LogP contribution in [0.4, 0.5) is 11.4 Å². The Kier molecular flexibility index (Phi) is 4.41. The first-order chi connectivity index (χ1) is 9.13. The third-order valence-electron chi connectivity index (χ3n) is 2.34. The molecule has 5 heteroatoms. The van der Waals surface area contributed by atoms with E-state index in [-0.39, 0.29) is 12.5 Å². The molecule has 0 aliphatic carbocycles. The molecule has 2 rings (SSSR count). The Morgan fingerprint density at radius 3 is 2.74 bits per heavy atom. The predicted molar refractivity (Wildman–Crippen MR) is 79.1 cm³/mol. The van der Waals surface area contributed by atoms with E-state index in [1.807, 2.05) is 24.3 Å². The summed E-state index contributed by atoms with van der Waals surface area (Å²) < 4.78 is 6.25. The summed E-state index contributed by atoms with van der Waals surface area (Å²) in [5, 5.41) is 2.74. The van der Waals surface area contributed by atoms with E-state index in [2.05, 4.69) is 21.2 Å². The second kappa shape index (κ2) is 6.24. The molecule has 4 nitrogen and oxygen atoms in total. The highest BCUT2D eigenvalue weighted by molar-refractivity contribution is 9.10. The van der Waals surface area contributed by atoms with Crippen LogP contribution >= 0.6 is 15.9 Å². The van der Waals surface area contributed by atoms with Gasteiger partial charge in [-0.3, -0.25) is 4.79 Å². The van der Waals surface area contributed by atoms with Crippen molar-refractivity contribution in [3.63, 3.8) is 0 Å². The van der Waals surface area contributed by atoms with Crippen LogP contribution in [-0.2, 0) is 4.79 Å².